The Morgan fingerprint density at radius 2 is 2.25 bits per heavy atom. The third-order valence-electron chi connectivity index (χ3n) is 2.08. The van der Waals surface area contributed by atoms with Crippen molar-refractivity contribution in [3.63, 3.8) is 0 Å². The van der Waals surface area contributed by atoms with Crippen LogP contribution in [0.3, 0.4) is 0 Å². The minimum absolute atomic E-state index is 0.262. The number of allylic oxidation sites excluding steroid dienone is 1. The van der Waals surface area contributed by atoms with Gasteiger partial charge in [0.2, 0.25) is 0 Å². The topological polar surface area (TPSA) is 69.4 Å². The fourth-order valence-corrected chi connectivity index (χ4v) is 1.34. The number of nitrogens with zero attached hydrogens (tertiary/aromatic N) is 1. The van der Waals surface area contributed by atoms with Gasteiger partial charge >= 0.3 is 5.88 Å². The van der Waals surface area contributed by atoms with Crippen molar-refractivity contribution in [2.45, 2.75) is 6.42 Å². The van der Waals surface area contributed by atoms with Gasteiger partial charge < -0.3 is 8.83 Å². The molecule has 0 aliphatic rings. The van der Waals surface area contributed by atoms with Gasteiger partial charge in [-0.05, 0) is 23.8 Å². The summed E-state index contributed by atoms with van der Waals surface area (Å²) in [5.74, 6) is 0.884. The van der Waals surface area contributed by atoms with Gasteiger partial charge in [-0.15, -0.1) is 0 Å². The van der Waals surface area contributed by atoms with Crippen molar-refractivity contribution in [2.24, 2.45) is 0 Å². The molecule has 0 aromatic carbocycles. The van der Waals surface area contributed by atoms with E-state index in [0.29, 0.717) is 23.5 Å². The summed E-state index contributed by atoms with van der Waals surface area (Å²) in [5.41, 5.74) is 0.717. The van der Waals surface area contributed by atoms with Crippen LogP contribution in [0.15, 0.2) is 45.9 Å². The van der Waals surface area contributed by atoms with Gasteiger partial charge in [0.1, 0.15) is 16.4 Å². The van der Waals surface area contributed by atoms with Crippen molar-refractivity contribution in [3.8, 4) is 0 Å². The standard InChI is InChI=1S/C11H9NO4/c1-8(10-3-2-6-15-10)7-9-4-5-11(16-9)12(13)14/h2-6H,1,7H2. The summed E-state index contributed by atoms with van der Waals surface area (Å²) in [6.45, 7) is 3.82. The van der Waals surface area contributed by atoms with Gasteiger partial charge in [-0.2, -0.15) is 0 Å². The lowest BCUT2D eigenvalue weighted by Gasteiger charge is -1.97. The molecule has 5 heteroatoms. The van der Waals surface area contributed by atoms with E-state index in [1.54, 1.807) is 24.5 Å². The first kappa shape index (κ1) is 10.2. The molecule has 0 spiro atoms. The van der Waals surface area contributed by atoms with E-state index in [1.165, 1.54) is 6.07 Å². The third kappa shape index (κ3) is 2.03. The van der Waals surface area contributed by atoms with E-state index in [2.05, 4.69) is 6.58 Å². The van der Waals surface area contributed by atoms with Crippen molar-refractivity contribution in [1.82, 2.24) is 0 Å². The molecule has 0 bridgehead atoms. The summed E-state index contributed by atoms with van der Waals surface area (Å²) in [6.07, 6.45) is 1.94. The Hall–Kier alpha value is -2.30. The number of hydrogen-bond acceptors (Lipinski definition) is 4. The van der Waals surface area contributed by atoms with E-state index in [0.717, 1.165) is 0 Å². The van der Waals surface area contributed by atoms with Crippen LogP contribution in [0.2, 0.25) is 0 Å². The van der Waals surface area contributed by atoms with Crippen LogP contribution in [-0.4, -0.2) is 4.92 Å². The van der Waals surface area contributed by atoms with Crippen molar-refractivity contribution >= 4 is 11.5 Å². The summed E-state index contributed by atoms with van der Waals surface area (Å²) >= 11 is 0. The van der Waals surface area contributed by atoms with E-state index in [-0.39, 0.29) is 5.88 Å². The number of hydrogen-bond donors (Lipinski definition) is 0. The van der Waals surface area contributed by atoms with Gasteiger partial charge in [-0.3, -0.25) is 10.1 Å². The Bertz CT molecular complexity index is 510. The fraction of sp³-hybridized carbons (Fsp3) is 0.0909. The number of furan rings is 2. The predicted octanol–water partition coefficient (Wildman–Crippen LogP) is 3.04. The van der Waals surface area contributed by atoms with Crippen LogP contribution in [0.4, 0.5) is 5.88 Å². The molecule has 0 fully saturated rings. The van der Waals surface area contributed by atoms with Gasteiger partial charge in [0.25, 0.3) is 0 Å². The van der Waals surface area contributed by atoms with Gasteiger partial charge in [-0.1, -0.05) is 6.58 Å². The van der Waals surface area contributed by atoms with Crippen molar-refractivity contribution in [1.29, 1.82) is 0 Å². The molecule has 0 atom stereocenters. The molecule has 0 N–H and O–H groups in total. The maximum absolute atomic E-state index is 10.4. The Labute approximate surface area is 91.1 Å². The Morgan fingerprint density at radius 1 is 1.44 bits per heavy atom. The third-order valence-corrected chi connectivity index (χ3v) is 2.08. The van der Waals surface area contributed by atoms with E-state index in [9.17, 15) is 10.1 Å². The summed E-state index contributed by atoms with van der Waals surface area (Å²) in [4.78, 5) is 9.83. The van der Waals surface area contributed by atoms with Gasteiger partial charge in [0.15, 0.2) is 0 Å². The van der Waals surface area contributed by atoms with Gasteiger partial charge in [0, 0.05) is 6.42 Å². The quantitative estimate of drug-likeness (QED) is 0.585. The molecular formula is C11H9NO4. The minimum Gasteiger partial charge on any atom is -0.465 e. The Kier molecular flexibility index (Phi) is 2.59. The predicted molar refractivity (Wildman–Crippen MR) is 56.8 cm³/mol. The SMILES string of the molecule is C=C(Cc1ccc([N+](=O)[O-])o1)c1ccco1. The molecule has 0 aliphatic heterocycles. The highest BCUT2D eigenvalue weighted by atomic mass is 16.6. The first-order chi connectivity index (χ1) is 7.66. The number of rotatable bonds is 4. The smallest absolute Gasteiger partial charge is 0.433 e. The molecule has 2 aromatic rings. The average molecular weight is 219 g/mol. The fourth-order valence-electron chi connectivity index (χ4n) is 1.34. The minimum atomic E-state index is -0.570. The van der Waals surface area contributed by atoms with Crippen LogP contribution >= 0.6 is 0 Å². The normalized spacial score (nSPS) is 10.2. The van der Waals surface area contributed by atoms with Gasteiger partial charge in [0.05, 0.1) is 12.3 Å². The second-order valence-electron chi connectivity index (χ2n) is 3.25. The molecular weight excluding hydrogens is 210 g/mol. The van der Waals surface area contributed by atoms with E-state index >= 15 is 0 Å². The summed E-state index contributed by atoms with van der Waals surface area (Å²) in [6, 6.07) is 6.42. The second-order valence-corrected chi connectivity index (χ2v) is 3.25. The lowest BCUT2D eigenvalue weighted by Crippen LogP contribution is -1.86. The van der Waals surface area contributed by atoms with Crippen molar-refractivity contribution < 1.29 is 13.8 Å². The summed E-state index contributed by atoms with van der Waals surface area (Å²) in [7, 11) is 0. The number of nitro groups is 1. The maximum atomic E-state index is 10.4. The lowest BCUT2D eigenvalue weighted by molar-refractivity contribution is -0.402. The van der Waals surface area contributed by atoms with Crippen molar-refractivity contribution in [2.75, 3.05) is 0 Å². The molecule has 0 radical (unpaired) electrons. The highest BCUT2D eigenvalue weighted by Crippen LogP contribution is 2.22. The molecule has 5 nitrogen and oxygen atoms in total. The molecule has 0 amide bonds. The molecule has 0 saturated heterocycles. The van der Waals surface area contributed by atoms with Crippen LogP contribution in [-0.2, 0) is 6.42 Å². The van der Waals surface area contributed by atoms with Crippen LogP contribution in [0.5, 0.6) is 0 Å². The van der Waals surface area contributed by atoms with Gasteiger partial charge in [-0.25, -0.2) is 0 Å². The summed E-state index contributed by atoms with van der Waals surface area (Å²) in [5, 5.41) is 10.4. The highest BCUT2D eigenvalue weighted by molar-refractivity contribution is 5.60. The zero-order valence-electron chi connectivity index (χ0n) is 8.38. The van der Waals surface area contributed by atoms with E-state index < -0.39 is 4.92 Å². The van der Waals surface area contributed by atoms with Crippen molar-refractivity contribution in [3.05, 3.63) is 58.7 Å². The Balaban J connectivity index is 2.09. The van der Waals surface area contributed by atoms with Crippen LogP contribution in [0, 0.1) is 10.1 Å². The molecule has 16 heavy (non-hydrogen) atoms. The zero-order valence-corrected chi connectivity index (χ0v) is 8.38. The van der Waals surface area contributed by atoms with Crippen LogP contribution < -0.4 is 0 Å². The molecule has 0 unspecified atom stereocenters. The first-order valence-corrected chi connectivity index (χ1v) is 4.61. The van der Waals surface area contributed by atoms with Crippen LogP contribution in [0.1, 0.15) is 11.5 Å². The summed E-state index contributed by atoms with van der Waals surface area (Å²) < 4.78 is 10.2. The monoisotopic (exact) mass is 219 g/mol. The zero-order chi connectivity index (χ0) is 11.5. The highest BCUT2D eigenvalue weighted by Gasteiger charge is 2.13. The molecule has 2 heterocycles. The molecule has 2 rings (SSSR count). The van der Waals surface area contributed by atoms with E-state index in [4.69, 9.17) is 8.83 Å². The Morgan fingerprint density at radius 3 is 2.81 bits per heavy atom. The second kappa shape index (κ2) is 4.06. The largest absolute Gasteiger partial charge is 0.465 e. The average Bonchev–Trinajstić information content (AvgIpc) is 2.87. The molecule has 2 aromatic heterocycles. The first-order valence-electron chi connectivity index (χ1n) is 4.61. The lowest BCUT2D eigenvalue weighted by atomic mass is 10.1. The van der Waals surface area contributed by atoms with Crippen LogP contribution in [0.25, 0.3) is 5.57 Å². The maximum Gasteiger partial charge on any atom is 0.433 e. The molecule has 0 aliphatic carbocycles. The molecule has 0 saturated carbocycles. The van der Waals surface area contributed by atoms with E-state index in [1.807, 2.05) is 0 Å². The molecule has 82 valence electrons.